The number of carbonyl (C=O) groups is 1. The molecule has 4 aromatic rings. The molecule has 1 N–H and O–H groups in total. The zero-order chi connectivity index (χ0) is 24.8. The Hall–Kier alpha value is -3.62. The van der Waals surface area contributed by atoms with E-state index in [9.17, 15) is 9.90 Å². The average molecular weight is 524 g/mol. The minimum atomic E-state index is -1.02. The van der Waals surface area contributed by atoms with Gasteiger partial charge >= 0.3 is 5.97 Å². The van der Waals surface area contributed by atoms with Gasteiger partial charge < -0.3 is 19.1 Å². The number of rotatable bonds is 6. The number of halogens is 2. The number of carboxylic acid groups (broad SMARTS) is 1. The average Bonchev–Trinajstić information content (AvgIpc) is 3.65. The van der Waals surface area contributed by atoms with E-state index in [0.717, 1.165) is 29.7 Å². The van der Waals surface area contributed by atoms with E-state index in [0.29, 0.717) is 63.3 Å². The largest absolute Gasteiger partial charge is 0.478 e. The van der Waals surface area contributed by atoms with E-state index in [1.54, 1.807) is 30.3 Å². The van der Waals surface area contributed by atoms with Crippen molar-refractivity contribution in [1.82, 2.24) is 15.1 Å². The van der Waals surface area contributed by atoms with Gasteiger partial charge in [-0.05, 0) is 55.5 Å². The predicted molar refractivity (Wildman–Crippen MR) is 131 cm³/mol. The van der Waals surface area contributed by atoms with Crippen LogP contribution in [-0.2, 0) is 19.4 Å². The Morgan fingerprint density at radius 3 is 2.69 bits per heavy atom. The molecule has 6 rings (SSSR count). The lowest BCUT2D eigenvalue weighted by atomic mass is 10.0. The molecule has 36 heavy (non-hydrogen) atoms. The van der Waals surface area contributed by atoms with Crippen molar-refractivity contribution >= 4 is 29.2 Å². The first-order valence-electron chi connectivity index (χ1n) is 11.4. The molecule has 0 saturated heterocycles. The number of carboxylic acids is 1. The van der Waals surface area contributed by atoms with Crippen LogP contribution in [0.5, 0.6) is 17.5 Å². The van der Waals surface area contributed by atoms with Gasteiger partial charge in [0.05, 0.1) is 27.4 Å². The zero-order valence-electron chi connectivity index (χ0n) is 18.8. The lowest BCUT2D eigenvalue weighted by Crippen LogP contribution is -2.04. The second kappa shape index (κ2) is 9.11. The summed E-state index contributed by atoms with van der Waals surface area (Å²) in [5, 5.41) is 14.5. The molecule has 0 atom stereocenters. The SMILES string of the molecule is O=C(O)c1ccc2c(c1)Oc1ncc(OCc3c(-c4c(Cl)cccc4Cl)noc3C3CC3)nc1CC2. The second-order valence-electron chi connectivity index (χ2n) is 8.72. The van der Waals surface area contributed by atoms with Gasteiger partial charge in [-0.25, -0.2) is 14.8 Å². The molecule has 0 unspecified atom stereocenters. The smallest absolute Gasteiger partial charge is 0.335 e. The van der Waals surface area contributed by atoms with Crippen molar-refractivity contribution in [2.24, 2.45) is 0 Å². The van der Waals surface area contributed by atoms with Crippen molar-refractivity contribution in [2.75, 3.05) is 0 Å². The molecule has 1 aliphatic heterocycles. The van der Waals surface area contributed by atoms with Gasteiger partial charge in [0.2, 0.25) is 11.8 Å². The molecule has 1 aliphatic carbocycles. The molecule has 1 saturated carbocycles. The van der Waals surface area contributed by atoms with Gasteiger partial charge in [0.25, 0.3) is 0 Å². The highest BCUT2D eigenvalue weighted by Gasteiger charge is 2.34. The van der Waals surface area contributed by atoms with Gasteiger partial charge in [0, 0.05) is 11.5 Å². The van der Waals surface area contributed by atoms with Crippen molar-refractivity contribution in [2.45, 2.75) is 38.2 Å². The number of aromatic carboxylic acids is 1. The number of aromatic nitrogens is 3. The summed E-state index contributed by atoms with van der Waals surface area (Å²) in [6.07, 6.45) is 4.74. The summed E-state index contributed by atoms with van der Waals surface area (Å²) in [5.41, 5.74) is 3.62. The standard InChI is InChI=1S/C26H19Cl2N3O5/c27-17-2-1-3-18(28)22(17)23-16(24(36-31-23)14-5-6-14)12-34-21-11-29-25-19(30-21)9-8-13-4-7-15(26(32)33)10-20(13)35-25/h1-4,7,10-11,14H,5-6,8-9,12H2,(H,32,33). The number of hydrogen-bond acceptors (Lipinski definition) is 7. The predicted octanol–water partition coefficient (Wildman–Crippen LogP) is 6.48. The van der Waals surface area contributed by atoms with Gasteiger partial charge in [0.1, 0.15) is 29.5 Å². The van der Waals surface area contributed by atoms with Crippen LogP contribution in [0.2, 0.25) is 10.0 Å². The number of aryl methyl sites for hydroxylation is 2. The highest BCUT2D eigenvalue weighted by molar-refractivity contribution is 6.39. The van der Waals surface area contributed by atoms with Crippen molar-refractivity contribution in [3.8, 4) is 28.8 Å². The summed E-state index contributed by atoms with van der Waals surface area (Å²) < 4.78 is 17.7. The summed E-state index contributed by atoms with van der Waals surface area (Å²) in [6.45, 7) is 0.155. The van der Waals surface area contributed by atoms with Crippen LogP contribution >= 0.6 is 23.2 Å². The molecule has 1 fully saturated rings. The molecule has 2 aromatic carbocycles. The monoisotopic (exact) mass is 523 g/mol. The van der Waals surface area contributed by atoms with E-state index in [2.05, 4.69) is 15.1 Å². The third-order valence-corrected chi connectivity index (χ3v) is 6.90. The summed E-state index contributed by atoms with van der Waals surface area (Å²) >= 11 is 12.9. The Balaban J connectivity index is 1.27. The number of fused-ring (bicyclic) bond motifs is 2. The Bertz CT molecular complexity index is 1480. The van der Waals surface area contributed by atoms with Gasteiger partial charge in [-0.1, -0.05) is 40.5 Å². The quantitative estimate of drug-likeness (QED) is 0.305. The Kier molecular flexibility index (Phi) is 5.78. The fraction of sp³-hybridized carbons (Fsp3) is 0.231. The van der Waals surface area contributed by atoms with Crippen LogP contribution in [0, 0.1) is 0 Å². The normalized spacial score (nSPS) is 14.4. The van der Waals surface area contributed by atoms with Gasteiger partial charge in [-0.3, -0.25) is 0 Å². The maximum atomic E-state index is 11.3. The topological polar surface area (TPSA) is 108 Å². The minimum Gasteiger partial charge on any atom is -0.478 e. The Morgan fingerprint density at radius 2 is 1.94 bits per heavy atom. The van der Waals surface area contributed by atoms with E-state index < -0.39 is 5.97 Å². The first kappa shape index (κ1) is 22.8. The minimum absolute atomic E-state index is 0.153. The van der Waals surface area contributed by atoms with Crippen LogP contribution in [0.15, 0.2) is 47.1 Å². The summed E-state index contributed by atoms with van der Waals surface area (Å²) in [7, 11) is 0. The van der Waals surface area contributed by atoms with Gasteiger partial charge in [-0.2, -0.15) is 0 Å². The van der Waals surface area contributed by atoms with E-state index in [-0.39, 0.29) is 12.2 Å². The number of hydrogen-bond donors (Lipinski definition) is 1. The van der Waals surface area contributed by atoms with Gasteiger partial charge in [0.15, 0.2) is 0 Å². The maximum absolute atomic E-state index is 11.3. The number of ether oxygens (including phenoxy) is 2. The number of benzene rings is 2. The second-order valence-corrected chi connectivity index (χ2v) is 9.54. The molecule has 10 heteroatoms. The first-order valence-corrected chi connectivity index (χ1v) is 12.2. The Morgan fingerprint density at radius 1 is 1.14 bits per heavy atom. The van der Waals surface area contributed by atoms with Crippen LogP contribution in [0.4, 0.5) is 0 Å². The zero-order valence-corrected chi connectivity index (χ0v) is 20.3. The summed E-state index contributed by atoms with van der Waals surface area (Å²) in [6, 6.07) is 10.1. The van der Waals surface area contributed by atoms with Gasteiger partial charge in [-0.15, -0.1) is 0 Å². The molecule has 0 spiro atoms. The lowest BCUT2D eigenvalue weighted by Gasteiger charge is -2.11. The molecular weight excluding hydrogens is 505 g/mol. The fourth-order valence-corrected chi connectivity index (χ4v) is 4.83. The Labute approximate surface area is 215 Å². The molecule has 8 nitrogen and oxygen atoms in total. The van der Waals surface area contributed by atoms with E-state index in [1.807, 2.05) is 0 Å². The third kappa shape index (κ3) is 4.27. The maximum Gasteiger partial charge on any atom is 0.335 e. The molecule has 0 radical (unpaired) electrons. The molecule has 2 aliphatic rings. The van der Waals surface area contributed by atoms with Crippen LogP contribution in [0.25, 0.3) is 11.3 Å². The lowest BCUT2D eigenvalue weighted by molar-refractivity contribution is 0.0696. The van der Waals surface area contributed by atoms with E-state index >= 15 is 0 Å². The molecular formula is C26H19Cl2N3O5. The van der Waals surface area contributed by atoms with Crippen molar-refractivity contribution < 1.29 is 23.9 Å². The van der Waals surface area contributed by atoms with E-state index in [4.69, 9.17) is 37.2 Å². The van der Waals surface area contributed by atoms with Crippen molar-refractivity contribution in [3.63, 3.8) is 0 Å². The molecule has 0 bridgehead atoms. The molecule has 3 heterocycles. The van der Waals surface area contributed by atoms with Crippen LogP contribution in [0.1, 0.15) is 51.7 Å². The molecule has 0 amide bonds. The third-order valence-electron chi connectivity index (χ3n) is 6.27. The highest BCUT2D eigenvalue weighted by Crippen LogP contribution is 2.46. The molecule has 182 valence electrons. The number of nitrogens with zero attached hydrogens (tertiary/aromatic N) is 3. The van der Waals surface area contributed by atoms with E-state index in [1.165, 1.54) is 12.3 Å². The summed E-state index contributed by atoms with van der Waals surface area (Å²) in [4.78, 5) is 20.3. The van der Waals surface area contributed by atoms with Crippen LogP contribution < -0.4 is 9.47 Å². The van der Waals surface area contributed by atoms with Crippen LogP contribution in [-0.4, -0.2) is 26.2 Å². The van der Waals surface area contributed by atoms with Crippen molar-refractivity contribution in [1.29, 1.82) is 0 Å². The molecule has 2 aromatic heterocycles. The summed E-state index contributed by atoms with van der Waals surface area (Å²) in [5.74, 6) is 1.18. The van der Waals surface area contributed by atoms with Crippen LogP contribution in [0.3, 0.4) is 0 Å². The van der Waals surface area contributed by atoms with Crippen molar-refractivity contribution in [3.05, 3.63) is 80.8 Å². The first-order chi connectivity index (χ1) is 17.5. The highest BCUT2D eigenvalue weighted by atomic mass is 35.5. The fourth-order valence-electron chi connectivity index (χ4n) is 4.26.